The van der Waals surface area contributed by atoms with Crippen molar-refractivity contribution in [3.63, 3.8) is 0 Å². The van der Waals surface area contributed by atoms with E-state index in [2.05, 4.69) is 0 Å². The first-order chi connectivity index (χ1) is 16.5. The van der Waals surface area contributed by atoms with Crippen LogP contribution in [0.1, 0.15) is 139 Å². The van der Waals surface area contributed by atoms with Gasteiger partial charge in [-0.15, -0.1) is 0 Å². The number of hydrogen-bond donors (Lipinski definition) is 2. The molecule has 0 atom stereocenters. The molecule has 2 aliphatic rings. The lowest BCUT2D eigenvalue weighted by Crippen LogP contribution is -2.60. The first-order valence-corrected chi connectivity index (χ1v) is 14.2. The fourth-order valence-electron chi connectivity index (χ4n) is 6.85. The lowest BCUT2D eigenvalue weighted by molar-refractivity contribution is -0.259. The number of hydrogen-bond acceptors (Lipinski definition) is 7. The SMILES string of the molecule is CC1(C)CC(CC(=O)CCCCCCCCC(=O)OC2CC(C)(C)N(O)C(C)(C)C2)CC(C)(C)N1O. The molecule has 7 heteroatoms. The second-order valence-corrected chi connectivity index (χ2v) is 14.0. The molecule has 0 saturated carbocycles. The van der Waals surface area contributed by atoms with Gasteiger partial charge in [0.25, 0.3) is 0 Å². The fourth-order valence-corrected chi connectivity index (χ4v) is 6.85. The van der Waals surface area contributed by atoms with Crippen molar-refractivity contribution in [2.45, 2.75) is 167 Å². The summed E-state index contributed by atoms with van der Waals surface area (Å²) < 4.78 is 5.75. The summed E-state index contributed by atoms with van der Waals surface area (Å²) in [6, 6.07) is 0. The number of hydroxylamine groups is 4. The second-order valence-electron chi connectivity index (χ2n) is 14.0. The third-order valence-electron chi connectivity index (χ3n) is 8.23. The molecule has 0 radical (unpaired) electrons. The van der Waals surface area contributed by atoms with Crippen molar-refractivity contribution >= 4 is 11.8 Å². The summed E-state index contributed by atoms with van der Waals surface area (Å²) >= 11 is 0. The molecule has 0 bridgehead atoms. The number of carbonyl (C=O) groups is 2. The first kappa shape index (κ1) is 31.2. The second kappa shape index (κ2) is 12.2. The van der Waals surface area contributed by atoms with Crippen molar-refractivity contribution in [3.8, 4) is 0 Å². The third kappa shape index (κ3) is 8.78. The molecule has 2 fully saturated rings. The largest absolute Gasteiger partial charge is 0.462 e. The van der Waals surface area contributed by atoms with Gasteiger partial charge in [-0.1, -0.05) is 25.7 Å². The van der Waals surface area contributed by atoms with Gasteiger partial charge in [0, 0.05) is 54.3 Å². The molecule has 36 heavy (non-hydrogen) atoms. The van der Waals surface area contributed by atoms with Gasteiger partial charge in [-0.25, -0.2) is 0 Å². The van der Waals surface area contributed by atoms with Crippen molar-refractivity contribution in [2.24, 2.45) is 5.92 Å². The normalized spacial score (nSPS) is 24.5. The molecule has 2 N–H and O–H groups in total. The Morgan fingerprint density at radius 2 is 1.06 bits per heavy atom. The van der Waals surface area contributed by atoms with Crippen LogP contribution in [0.15, 0.2) is 0 Å². The zero-order valence-corrected chi connectivity index (χ0v) is 24.4. The van der Waals surface area contributed by atoms with E-state index in [4.69, 9.17) is 4.74 Å². The number of rotatable bonds is 12. The van der Waals surface area contributed by atoms with E-state index in [1.165, 1.54) is 10.1 Å². The molecule has 0 spiro atoms. The van der Waals surface area contributed by atoms with Crippen LogP contribution in [0.3, 0.4) is 0 Å². The number of ether oxygens (including phenoxy) is 1. The maximum atomic E-state index is 12.5. The molecule has 0 amide bonds. The van der Waals surface area contributed by atoms with Crippen LogP contribution in [0.5, 0.6) is 0 Å². The molecule has 0 unspecified atom stereocenters. The Balaban J connectivity index is 1.54. The van der Waals surface area contributed by atoms with E-state index in [-0.39, 0.29) is 23.2 Å². The molecule has 0 aliphatic carbocycles. The van der Waals surface area contributed by atoms with Gasteiger partial charge in [0.2, 0.25) is 0 Å². The Morgan fingerprint density at radius 1 is 0.667 bits per heavy atom. The minimum atomic E-state index is -0.418. The molecule has 2 heterocycles. The van der Waals surface area contributed by atoms with E-state index in [0.717, 1.165) is 51.4 Å². The Kier molecular flexibility index (Phi) is 10.6. The average molecular weight is 511 g/mol. The van der Waals surface area contributed by atoms with Crippen LogP contribution in [-0.2, 0) is 14.3 Å². The van der Waals surface area contributed by atoms with Gasteiger partial charge < -0.3 is 15.2 Å². The predicted molar refractivity (Wildman–Crippen MR) is 142 cm³/mol. The molecule has 7 nitrogen and oxygen atoms in total. The summed E-state index contributed by atoms with van der Waals surface area (Å²) in [6.07, 6.45) is 10.5. The molecule has 0 aromatic carbocycles. The summed E-state index contributed by atoms with van der Waals surface area (Å²) in [5.74, 6) is 0.542. The summed E-state index contributed by atoms with van der Waals surface area (Å²) in [4.78, 5) is 24.9. The van der Waals surface area contributed by atoms with Crippen LogP contribution < -0.4 is 0 Å². The first-order valence-electron chi connectivity index (χ1n) is 14.2. The summed E-state index contributed by atoms with van der Waals surface area (Å²) in [7, 11) is 0. The summed E-state index contributed by atoms with van der Waals surface area (Å²) in [6.45, 7) is 16.1. The number of nitrogens with zero attached hydrogens (tertiary/aromatic N) is 2. The van der Waals surface area contributed by atoms with E-state index in [9.17, 15) is 20.0 Å². The quantitative estimate of drug-likeness (QED) is 0.223. The zero-order valence-electron chi connectivity index (χ0n) is 24.4. The molecular weight excluding hydrogens is 456 g/mol. The number of ketones is 1. The number of carbonyl (C=O) groups excluding carboxylic acids is 2. The van der Waals surface area contributed by atoms with Crippen LogP contribution in [0.2, 0.25) is 0 Å². The van der Waals surface area contributed by atoms with E-state index in [1.807, 2.05) is 55.4 Å². The van der Waals surface area contributed by atoms with Crippen molar-refractivity contribution in [3.05, 3.63) is 0 Å². The van der Waals surface area contributed by atoms with Gasteiger partial charge in [0.05, 0.1) is 0 Å². The monoisotopic (exact) mass is 510 g/mol. The van der Waals surface area contributed by atoms with Crippen LogP contribution in [0.25, 0.3) is 0 Å². The van der Waals surface area contributed by atoms with E-state index in [1.54, 1.807) is 0 Å². The summed E-state index contributed by atoms with van der Waals surface area (Å²) in [5, 5.41) is 23.7. The lowest BCUT2D eigenvalue weighted by Gasteiger charge is -2.51. The highest BCUT2D eigenvalue weighted by molar-refractivity contribution is 5.78. The van der Waals surface area contributed by atoms with E-state index >= 15 is 0 Å². The zero-order chi connectivity index (χ0) is 27.4. The van der Waals surface area contributed by atoms with Crippen LogP contribution in [-0.4, -0.2) is 60.6 Å². The lowest BCUT2D eigenvalue weighted by atomic mass is 9.73. The number of unbranched alkanes of at least 4 members (excludes halogenated alkanes) is 5. The van der Waals surface area contributed by atoms with Crippen LogP contribution in [0, 0.1) is 5.92 Å². The maximum Gasteiger partial charge on any atom is 0.306 e. The van der Waals surface area contributed by atoms with Gasteiger partial charge >= 0.3 is 5.97 Å². The average Bonchev–Trinajstić information content (AvgIpc) is 2.71. The van der Waals surface area contributed by atoms with Gasteiger partial charge in [-0.05, 0) is 87.0 Å². The van der Waals surface area contributed by atoms with Gasteiger partial charge in [-0.3, -0.25) is 9.59 Å². The minimum absolute atomic E-state index is 0.137. The molecule has 210 valence electrons. The van der Waals surface area contributed by atoms with E-state index < -0.39 is 11.1 Å². The predicted octanol–water partition coefficient (Wildman–Crippen LogP) is 6.68. The highest BCUT2D eigenvalue weighted by Crippen LogP contribution is 2.41. The van der Waals surface area contributed by atoms with Crippen molar-refractivity contribution in [2.75, 3.05) is 0 Å². The number of Topliss-reactive ketones (excluding diaryl/α,β-unsaturated/α-hetero) is 1. The molecule has 0 aromatic heterocycles. The summed E-state index contributed by atoms with van der Waals surface area (Å²) in [5.41, 5.74) is -1.44. The van der Waals surface area contributed by atoms with Crippen LogP contribution >= 0.6 is 0 Å². The van der Waals surface area contributed by atoms with Crippen molar-refractivity contribution in [1.82, 2.24) is 10.1 Å². The molecule has 0 aromatic rings. The van der Waals surface area contributed by atoms with Gasteiger partial charge in [0.1, 0.15) is 11.9 Å². The van der Waals surface area contributed by atoms with Gasteiger partial charge in [0.15, 0.2) is 0 Å². The van der Waals surface area contributed by atoms with E-state index in [0.29, 0.717) is 43.8 Å². The minimum Gasteiger partial charge on any atom is -0.462 e. The Morgan fingerprint density at radius 3 is 1.53 bits per heavy atom. The van der Waals surface area contributed by atoms with Crippen molar-refractivity contribution in [1.29, 1.82) is 0 Å². The maximum absolute atomic E-state index is 12.5. The molecular formula is C29H54N2O5. The highest BCUT2D eigenvalue weighted by atomic mass is 16.5. The third-order valence-corrected chi connectivity index (χ3v) is 8.23. The topological polar surface area (TPSA) is 90.3 Å². The Bertz CT molecular complexity index is 648. The molecule has 2 saturated heterocycles. The molecule has 2 aliphatic heterocycles. The number of piperidine rings is 2. The Hall–Kier alpha value is -1.02. The number of esters is 1. The Labute approximate surface area is 219 Å². The molecule has 2 rings (SSSR count). The fraction of sp³-hybridized carbons (Fsp3) is 0.931. The van der Waals surface area contributed by atoms with Crippen molar-refractivity contribution < 1.29 is 24.7 Å². The van der Waals surface area contributed by atoms with Gasteiger partial charge in [-0.2, -0.15) is 10.1 Å². The highest BCUT2D eigenvalue weighted by Gasteiger charge is 2.47. The smallest absolute Gasteiger partial charge is 0.306 e. The standard InChI is InChI=1S/C29H54N2O5/c1-26(2)18-22(19-27(3,4)30(26)34)17-23(32)15-13-11-9-10-12-14-16-25(33)36-24-20-28(5,6)31(35)29(7,8)21-24/h22,24,34-35H,9-21H2,1-8H3. The van der Waals surface area contributed by atoms with Crippen LogP contribution in [0.4, 0.5) is 0 Å².